The number of fused-ring (bicyclic) bond motifs is 1. The number of alkyl halides is 2. The molecule has 3 heteroatoms. The maximum absolute atomic E-state index is 14.6. The summed E-state index contributed by atoms with van der Waals surface area (Å²) in [4.78, 5) is 0. The van der Waals surface area contributed by atoms with E-state index in [2.05, 4.69) is 6.92 Å². The molecule has 0 bridgehead atoms. The lowest BCUT2D eigenvalue weighted by molar-refractivity contribution is 0.0230. The van der Waals surface area contributed by atoms with Crippen molar-refractivity contribution in [1.29, 1.82) is 0 Å². The van der Waals surface area contributed by atoms with Crippen LogP contribution in [0.2, 0.25) is 0 Å². The molecule has 0 aliphatic heterocycles. The summed E-state index contributed by atoms with van der Waals surface area (Å²) in [5.74, 6) is -3.34. The molecule has 2 aliphatic carbocycles. The lowest BCUT2D eigenvalue weighted by Crippen LogP contribution is -2.24. The Morgan fingerprint density at radius 1 is 1.14 bits per heavy atom. The van der Waals surface area contributed by atoms with Crippen molar-refractivity contribution in [2.75, 3.05) is 0 Å². The van der Waals surface area contributed by atoms with Gasteiger partial charge < -0.3 is 0 Å². The molecule has 1 fully saturated rings. The van der Waals surface area contributed by atoms with Crippen LogP contribution in [0.25, 0.3) is 6.08 Å². The Morgan fingerprint density at radius 2 is 1.86 bits per heavy atom. The van der Waals surface area contributed by atoms with Gasteiger partial charge in [0.1, 0.15) is 5.82 Å². The van der Waals surface area contributed by atoms with E-state index in [9.17, 15) is 13.2 Å². The van der Waals surface area contributed by atoms with Gasteiger partial charge in [0.15, 0.2) is 0 Å². The molecular formula is C18H21F3. The summed E-state index contributed by atoms with van der Waals surface area (Å²) in [6, 6.07) is 4.21. The summed E-state index contributed by atoms with van der Waals surface area (Å²) in [7, 11) is 0. The molecule has 0 N–H and O–H groups in total. The number of halogens is 3. The second-order valence-corrected chi connectivity index (χ2v) is 6.38. The Balaban J connectivity index is 1.81. The SMILES string of the molecule is CCCC1CCC(C2=Cc3cccc(F)c3C2(F)F)CC1. The van der Waals surface area contributed by atoms with Gasteiger partial charge in [0.25, 0.3) is 5.92 Å². The van der Waals surface area contributed by atoms with Crippen LogP contribution in [0.4, 0.5) is 13.2 Å². The maximum Gasteiger partial charge on any atom is 0.298 e. The summed E-state index contributed by atoms with van der Waals surface area (Å²) in [5, 5.41) is 0. The standard InChI is InChI=1S/C18H21F3/c1-2-4-12-7-9-13(10-8-12)15-11-14-5-3-6-16(19)17(14)18(15,20)21/h3,5-6,11-13H,2,4,7-10H2,1H3. The summed E-state index contributed by atoms with van der Waals surface area (Å²) in [5.41, 5.74) is 0.0684. The molecule has 114 valence electrons. The predicted octanol–water partition coefficient (Wildman–Crippen LogP) is 5.92. The Morgan fingerprint density at radius 3 is 2.48 bits per heavy atom. The molecule has 0 saturated heterocycles. The van der Waals surface area contributed by atoms with E-state index in [1.54, 1.807) is 6.07 Å². The molecule has 21 heavy (non-hydrogen) atoms. The number of hydrogen-bond acceptors (Lipinski definition) is 0. The van der Waals surface area contributed by atoms with Gasteiger partial charge in [-0.3, -0.25) is 0 Å². The molecule has 0 atom stereocenters. The van der Waals surface area contributed by atoms with E-state index in [1.165, 1.54) is 18.6 Å². The molecular weight excluding hydrogens is 273 g/mol. The van der Waals surface area contributed by atoms with Crippen molar-refractivity contribution in [2.24, 2.45) is 11.8 Å². The van der Waals surface area contributed by atoms with Crippen LogP contribution in [-0.2, 0) is 5.92 Å². The second kappa shape index (κ2) is 5.51. The van der Waals surface area contributed by atoms with Gasteiger partial charge in [0.05, 0.1) is 5.56 Å². The average Bonchev–Trinajstić information content (AvgIpc) is 2.73. The van der Waals surface area contributed by atoms with Crippen LogP contribution in [0.1, 0.15) is 56.6 Å². The van der Waals surface area contributed by atoms with E-state index in [0.29, 0.717) is 11.5 Å². The molecule has 0 heterocycles. The molecule has 0 radical (unpaired) electrons. The van der Waals surface area contributed by atoms with Gasteiger partial charge in [0, 0.05) is 5.57 Å². The molecule has 0 unspecified atom stereocenters. The quantitative estimate of drug-likeness (QED) is 0.649. The van der Waals surface area contributed by atoms with Gasteiger partial charge in [-0.15, -0.1) is 0 Å². The van der Waals surface area contributed by atoms with Crippen LogP contribution in [0.5, 0.6) is 0 Å². The Hall–Kier alpha value is -1.25. The first-order chi connectivity index (χ1) is 10.0. The summed E-state index contributed by atoms with van der Waals surface area (Å²) >= 11 is 0. The van der Waals surface area contributed by atoms with Crippen molar-refractivity contribution < 1.29 is 13.2 Å². The lowest BCUT2D eigenvalue weighted by atomic mass is 9.76. The molecule has 0 spiro atoms. The third-order valence-corrected chi connectivity index (χ3v) is 5.02. The molecule has 3 rings (SSSR count). The van der Waals surface area contributed by atoms with Crippen molar-refractivity contribution in [3.8, 4) is 0 Å². The Kier molecular flexibility index (Phi) is 3.85. The van der Waals surface area contributed by atoms with E-state index in [4.69, 9.17) is 0 Å². The highest BCUT2D eigenvalue weighted by Crippen LogP contribution is 2.51. The van der Waals surface area contributed by atoms with Gasteiger partial charge in [-0.25, -0.2) is 4.39 Å². The van der Waals surface area contributed by atoms with E-state index in [1.807, 2.05) is 0 Å². The highest BCUT2D eigenvalue weighted by atomic mass is 19.3. The third kappa shape index (κ3) is 2.51. The minimum absolute atomic E-state index is 0.0973. The highest BCUT2D eigenvalue weighted by Gasteiger charge is 2.47. The van der Waals surface area contributed by atoms with Crippen molar-refractivity contribution in [2.45, 2.75) is 51.4 Å². The van der Waals surface area contributed by atoms with Crippen LogP contribution in [0, 0.1) is 17.7 Å². The van der Waals surface area contributed by atoms with Crippen LogP contribution in [0.3, 0.4) is 0 Å². The van der Waals surface area contributed by atoms with Gasteiger partial charge >= 0.3 is 0 Å². The molecule has 0 aromatic heterocycles. The molecule has 1 aromatic carbocycles. The number of allylic oxidation sites excluding steroid dienone is 1. The zero-order valence-corrected chi connectivity index (χ0v) is 12.3. The summed E-state index contributed by atoms with van der Waals surface area (Å²) in [6.45, 7) is 2.17. The number of benzene rings is 1. The average molecular weight is 294 g/mol. The first kappa shape index (κ1) is 14.7. The van der Waals surface area contributed by atoms with E-state index >= 15 is 0 Å². The fraction of sp³-hybridized carbons (Fsp3) is 0.556. The molecule has 1 aromatic rings. The third-order valence-electron chi connectivity index (χ3n) is 5.02. The van der Waals surface area contributed by atoms with Crippen molar-refractivity contribution in [3.05, 3.63) is 40.7 Å². The smallest absolute Gasteiger partial charge is 0.206 e. The topological polar surface area (TPSA) is 0 Å². The van der Waals surface area contributed by atoms with Crippen molar-refractivity contribution in [1.82, 2.24) is 0 Å². The number of rotatable bonds is 3. The second-order valence-electron chi connectivity index (χ2n) is 6.38. The van der Waals surface area contributed by atoms with Gasteiger partial charge in [-0.2, -0.15) is 8.78 Å². The van der Waals surface area contributed by atoms with E-state index in [-0.39, 0.29) is 11.5 Å². The van der Waals surface area contributed by atoms with Crippen LogP contribution < -0.4 is 0 Å². The molecule has 1 saturated carbocycles. The first-order valence-electron chi connectivity index (χ1n) is 7.93. The van der Waals surface area contributed by atoms with Crippen LogP contribution in [-0.4, -0.2) is 0 Å². The molecule has 0 amide bonds. The van der Waals surface area contributed by atoms with E-state index < -0.39 is 17.3 Å². The molecule has 0 nitrogen and oxygen atoms in total. The fourth-order valence-electron chi connectivity index (χ4n) is 3.94. The maximum atomic E-state index is 14.6. The van der Waals surface area contributed by atoms with Crippen LogP contribution in [0.15, 0.2) is 23.8 Å². The number of hydrogen-bond donors (Lipinski definition) is 0. The van der Waals surface area contributed by atoms with Crippen molar-refractivity contribution in [3.63, 3.8) is 0 Å². The van der Waals surface area contributed by atoms with Gasteiger partial charge in [-0.05, 0) is 55.2 Å². The Labute approximate surface area is 124 Å². The summed E-state index contributed by atoms with van der Waals surface area (Å²) in [6.07, 6.45) is 7.53. The normalized spacial score (nSPS) is 27.3. The fourth-order valence-corrected chi connectivity index (χ4v) is 3.94. The largest absolute Gasteiger partial charge is 0.298 e. The highest BCUT2D eigenvalue weighted by molar-refractivity contribution is 5.68. The van der Waals surface area contributed by atoms with Crippen molar-refractivity contribution >= 4 is 6.08 Å². The minimum atomic E-state index is -3.14. The first-order valence-corrected chi connectivity index (χ1v) is 7.93. The Bertz CT molecular complexity index is 552. The van der Waals surface area contributed by atoms with Gasteiger partial charge in [-0.1, -0.05) is 31.9 Å². The predicted molar refractivity (Wildman–Crippen MR) is 78.6 cm³/mol. The zero-order chi connectivity index (χ0) is 15.0. The van der Waals surface area contributed by atoms with E-state index in [0.717, 1.165) is 38.2 Å². The monoisotopic (exact) mass is 294 g/mol. The van der Waals surface area contributed by atoms with Gasteiger partial charge in [0.2, 0.25) is 0 Å². The zero-order valence-electron chi connectivity index (χ0n) is 12.3. The summed E-state index contributed by atoms with van der Waals surface area (Å²) < 4.78 is 42.9. The minimum Gasteiger partial charge on any atom is -0.206 e. The lowest BCUT2D eigenvalue weighted by Gasteiger charge is -2.31. The molecule has 2 aliphatic rings. The van der Waals surface area contributed by atoms with Crippen LogP contribution >= 0.6 is 0 Å².